The minimum Gasteiger partial charge on any atom is -0.456 e. The lowest BCUT2D eigenvalue weighted by Crippen LogP contribution is -2.14. The fourth-order valence-corrected chi connectivity index (χ4v) is 21.7. The molecule has 0 aliphatic heterocycles. The molecule has 6 aromatic heterocycles. The maximum atomic E-state index is 5.73. The first-order valence-corrected chi connectivity index (χ1v) is 43.3. The molecular weight excluding hydrogens is 1480 g/mol. The van der Waals surface area contributed by atoms with Gasteiger partial charge >= 0.3 is 0 Å². The molecule has 0 radical (unpaired) electrons. The number of hydrogen-bond acceptors (Lipinski definition) is 6. The number of hydrogen-bond donors (Lipinski definition) is 0. The van der Waals surface area contributed by atoms with Gasteiger partial charge < -0.3 is 8.83 Å². The van der Waals surface area contributed by atoms with Gasteiger partial charge in [0, 0.05) is 113 Å². The molecule has 0 N–H and O–H groups in total. The molecule has 0 bridgehead atoms. The molecule has 0 saturated heterocycles. The van der Waals surface area contributed by atoms with Crippen molar-refractivity contribution in [2.45, 2.75) is 93.9 Å². The number of para-hydroxylation sites is 2. The summed E-state index contributed by atoms with van der Waals surface area (Å²) < 4.78 is 22.6. The smallest absolute Gasteiger partial charge is 0.135 e. The zero-order chi connectivity index (χ0) is 79.9. The van der Waals surface area contributed by atoms with Crippen molar-refractivity contribution in [2.24, 2.45) is 0 Å². The second kappa shape index (κ2) is 32.4. The lowest BCUT2D eigenvalue weighted by atomic mass is 9.82. The summed E-state index contributed by atoms with van der Waals surface area (Å²) >= 11 is 7.51. The Labute approximate surface area is 695 Å². The zero-order valence-corrected chi connectivity index (χ0v) is 71.0. The Morgan fingerprint density at radius 1 is 0.207 bits per heavy atom. The van der Waals surface area contributed by atoms with Crippen molar-refractivity contribution in [3.63, 3.8) is 0 Å². The summed E-state index contributed by atoms with van der Waals surface area (Å²) in [5.74, 6) is 0. The summed E-state index contributed by atoms with van der Waals surface area (Å²) in [6.07, 6.45) is 0. The van der Waals surface area contributed by atoms with Gasteiger partial charge in [-0.3, -0.25) is 0 Å². The van der Waals surface area contributed by atoms with Crippen molar-refractivity contribution < 1.29 is 8.83 Å². The first-order chi connectivity index (χ1) is 56.3. The molecule has 0 fully saturated rings. The Kier molecular flexibility index (Phi) is 21.4. The summed E-state index contributed by atoms with van der Waals surface area (Å²) in [4.78, 5) is 0. The molecular formula is C110H92O2S4. The van der Waals surface area contributed by atoms with E-state index in [0.717, 1.165) is 22.3 Å². The highest BCUT2D eigenvalue weighted by molar-refractivity contribution is 7.27. The van der Waals surface area contributed by atoms with E-state index in [2.05, 4.69) is 368 Å². The van der Waals surface area contributed by atoms with Crippen LogP contribution in [-0.2, 0) is 10.8 Å². The fraction of sp³-hybridized carbons (Fsp3) is 0.127. The minimum atomic E-state index is 0.151. The van der Waals surface area contributed by atoms with Gasteiger partial charge in [0.1, 0.15) is 22.3 Å². The zero-order valence-electron chi connectivity index (χ0n) is 67.8. The maximum absolute atomic E-state index is 5.73. The maximum Gasteiger partial charge on any atom is 0.135 e. The summed E-state index contributed by atoms with van der Waals surface area (Å²) in [7, 11) is 0. The standard InChI is InChI=1S/2C16H16.2C13H10O.4C13H10S/c1-11-7-6-10-14-15(11)12-8-4-5-9-13(12)16(14,2)3;1-11-8-9-13-12-6-4-5-7-14(12)16(2,3)15(13)10-11;1-9-5-4-8-12-13(9)10-6-2-3-7-11(10)14-12;1-9-6-7-13-11(8-9)10-4-2-3-5-12(10)14-13;1-9-5-4-7-11-10-6-2-3-8-12(10)14-13(9)11;1-9-5-4-8-12-13(9)10-6-2-3-7-11(10)14-12;1-9-6-7-13-11(8-9)10-4-2-3-5-12(10)14-13;1-9-6-7-11-10-4-2-3-5-12(10)14-13(11)8-9/h2*4-10H,1-3H3;6*2-8H,1H3. The van der Waals surface area contributed by atoms with Gasteiger partial charge in [0.25, 0.3) is 0 Å². The van der Waals surface area contributed by atoms with Crippen LogP contribution in [0.1, 0.15) is 94.5 Å². The second-order valence-electron chi connectivity index (χ2n) is 31.8. The highest BCUT2D eigenvalue weighted by Crippen LogP contribution is 2.51. The highest BCUT2D eigenvalue weighted by Gasteiger charge is 2.36. The number of aryl methyl sites for hydroxylation is 8. The first-order valence-electron chi connectivity index (χ1n) is 40.0. The van der Waals surface area contributed by atoms with Crippen LogP contribution in [0.15, 0.2) is 349 Å². The molecule has 16 aromatic carbocycles. The summed E-state index contributed by atoms with van der Waals surface area (Å²) in [6, 6.07) is 121. The highest BCUT2D eigenvalue weighted by atomic mass is 32.1. The Morgan fingerprint density at radius 3 is 1.31 bits per heavy atom. The third-order valence-corrected chi connectivity index (χ3v) is 27.7. The van der Waals surface area contributed by atoms with E-state index >= 15 is 0 Å². The monoisotopic (exact) mass is 1570 g/mol. The van der Waals surface area contributed by atoms with Gasteiger partial charge in [-0.25, -0.2) is 0 Å². The molecule has 116 heavy (non-hydrogen) atoms. The largest absolute Gasteiger partial charge is 0.456 e. The van der Waals surface area contributed by atoms with Crippen molar-refractivity contribution in [2.75, 3.05) is 0 Å². The van der Waals surface area contributed by atoms with Crippen molar-refractivity contribution in [3.8, 4) is 22.3 Å². The van der Waals surface area contributed by atoms with E-state index in [9.17, 15) is 0 Å². The molecule has 0 amide bonds. The third-order valence-electron chi connectivity index (χ3n) is 23.0. The summed E-state index contributed by atoms with van der Waals surface area (Å²) in [5.41, 5.74) is 26.4. The van der Waals surface area contributed by atoms with E-state index in [1.807, 2.05) is 99.9 Å². The van der Waals surface area contributed by atoms with Crippen molar-refractivity contribution in [1.82, 2.24) is 0 Å². The van der Waals surface area contributed by atoms with Crippen LogP contribution < -0.4 is 0 Å². The number of furan rings is 2. The van der Waals surface area contributed by atoms with Crippen molar-refractivity contribution >= 4 is 170 Å². The van der Waals surface area contributed by atoms with Gasteiger partial charge in [0.2, 0.25) is 0 Å². The first kappa shape index (κ1) is 76.6. The molecule has 0 spiro atoms. The van der Waals surface area contributed by atoms with Crippen LogP contribution in [0.4, 0.5) is 0 Å². The van der Waals surface area contributed by atoms with Gasteiger partial charge in [-0.2, -0.15) is 0 Å². The number of rotatable bonds is 0. The van der Waals surface area contributed by atoms with Crippen molar-refractivity contribution in [3.05, 3.63) is 406 Å². The molecule has 2 aliphatic rings. The van der Waals surface area contributed by atoms with Crippen LogP contribution in [0.2, 0.25) is 0 Å². The molecule has 2 aliphatic carbocycles. The third kappa shape index (κ3) is 14.9. The molecule has 22 aromatic rings. The Balaban J connectivity index is 0.0000000954. The number of fused-ring (bicyclic) bond motifs is 24. The van der Waals surface area contributed by atoms with Gasteiger partial charge in [0.15, 0.2) is 0 Å². The lowest BCUT2D eigenvalue weighted by molar-refractivity contribution is 0.659. The van der Waals surface area contributed by atoms with Crippen LogP contribution in [0.3, 0.4) is 0 Å². The van der Waals surface area contributed by atoms with Crippen LogP contribution in [0.25, 0.3) is 147 Å². The van der Waals surface area contributed by atoms with E-state index in [4.69, 9.17) is 8.83 Å². The second-order valence-corrected chi connectivity index (χ2v) is 36.1. The van der Waals surface area contributed by atoms with E-state index in [-0.39, 0.29) is 10.8 Å². The fourth-order valence-electron chi connectivity index (χ4n) is 17.1. The van der Waals surface area contributed by atoms with E-state index in [0.29, 0.717) is 0 Å². The molecule has 0 saturated carbocycles. The molecule has 0 unspecified atom stereocenters. The molecule has 2 nitrogen and oxygen atoms in total. The Hall–Kier alpha value is -12.0. The number of thiophene rings is 4. The van der Waals surface area contributed by atoms with E-state index in [1.165, 1.54) is 191 Å². The van der Waals surface area contributed by atoms with E-state index in [1.54, 1.807) is 0 Å². The SMILES string of the molecule is Cc1ccc2c(c1)C(C)(C)c1ccccc1-2.Cc1ccc2c(c1)sc1ccccc12.Cc1ccc2oc3ccccc3c2c1.Cc1ccc2sc3ccccc3c2c1.Cc1cccc2c1-c1ccccc1C2(C)C.Cc1cccc2c1sc1ccccc12.Cc1cccc2oc3ccccc3c12.Cc1cccc2sc3ccccc3c12. The van der Waals surface area contributed by atoms with Gasteiger partial charge in [-0.1, -0.05) is 305 Å². The average molecular weight is 1570 g/mol. The summed E-state index contributed by atoms with van der Waals surface area (Å²) in [5, 5.41) is 16.0. The molecule has 0 atom stereocenters. The topological polar surface area (TPSA) is 26.3 Å². The van der Waals surface area contributed by atoms with Gasteiger partial charge in [-0.15, -0.1) is 45.3 Å². The predicted octanol–water partition coefficient (Wildman–Crippen LogP) is 33.8. The predicted molar refractivity (Wildman–Crippen MR) is 511 cm³/mol. The lowest BCUT2D eigenvalue weighted by Gasteiger charge is -2.21. The number of benzene rings is 16. The molecule has 6 heterocycles. The normalized spacial score (nSPS) is 12.4. The summed E-state index contributed by atoms with van der Waals surface area (Å²) in [6.45, 7) is 26.5. The van der Waals surface area contributed by atoms with Crippen LogP contribution in [0.5, 0.6) is 0 Å². The Bertz CT molecular complexity index is 7140. The van der Waals surface area contributed by atoms with Crippen LogP contribution >= 0.6 is 45.3 Å². The van der Waals surface area contributed by atoms with Crippen LogP contribution in [0, 0.1) is 55.4 Å². The van der Waals surface area contributed by atoms with Gasteiger partial charge in [-0.05, 0) is 207 Å². The van der Waals surface area contributed by atoms with Crippen LogP contribution in [-0.4, -0.2) is 0 Å². The Morgan fingerprint density at radius 2 is 0.595 bits per heavy atom. The molecule has 6 heteroatoms. The molecule has 24 rings (SSSR count). The molecule has 568 valence electrons. The van der Waals surface area contributed by atoms with Gasteiger partial charge in [0.05, 0.1) is 0 Å². The average Bonchev–Trinajstić information content (AvgIpc) is 1.58. The minimum absolute atomic E-state index is 0.151. The van der Waals surface area contributed by atoms with Crippen molar-refractivity contribution in [1.29, 1.82) is 0 Å². The van der Waals surface area contributed by atoms with E-state index < -0.39 is 0 Å². The quantitative estimate of drug-likeness (QED) is 0.151.